The van der Waals surface area contributed by atoms with Crippen LogP contribution in [0.5, 0.6) is 5.75 Å². The molecule has 2 heterocycles. The number of nitrogens with zero attached hydrogens (tertiary/aromatic N) is 1. The molecule has 0 saturated carbocycles. The number of rotatable bonds is 7. The summed E-state index contributed by atoms with van der Waals surface area (Å²) in [5.41, 5.74) is 2.42. The van der Waals surface area contributed by atoms with Crippen LogP contribution in [0.15, 0.2) is 64.0 Å². The molecule has 3 aromatic rings. The highest BCUT2D eigenvalue weighted by Crippen LogP contribution is 2.33. The first kappa shape index (κ1) is 20.2. The lowest BCUT2D eigenvalue weighted by Crippen LogP contribution is -2.13. The largest absolute Gasteiger partial charge is 0.490 e. The molecule has 1 atom stereocenters. The van der Waals surface area contributed by atoms with Gasteiger partial charge in [-0.2, -0.15) is 0 Å². The van der Waals surface area contributed by atoms with Crippen molar-refractivity contribution in [2.24, 2.45) is 0 Å². The molecule has 0 bridgehead atoms. The van der Waals surface area contributed by atoms with Gasteiger partial charge in [0.2, 0.25) is 0 Å². The second-order valence-electron chi connectivity index (χ2n) is 7.18. The van der Waals surface area contributed by atoms with Crippen molar-refractivity contribution >= 4 is 15.8 Å². The third-order valence-electron chi connectivity index (χ3n) is 4.80. The number of carbonyl (C=O) groups excluding carboxylic acids is 1. The number of esters is 1. The lowest BCUT2D eigenvalue weighted by atomic mass is 10.1. The topological polar surface area (TPSA) is 95.7 Å². The van der Waals surface area contributed by atoms with Gasteiger partial charge in [-0.25, -0.2) is 8.42 Å². The summed E-state index contributed by atoms with van der Waals surface area (Å²) in [5, 5.41) is 3.92. The first-order valence-corrected chi connectivity index (χ1v) is 11.2. The maximum Gasteiger partial charge on any atom is 0.307 e. The van der Waals surface area contributed by atoms with Gasteiger partial charge < -0.3 is 14.0 Å². The predicted octanol–water partition coefficient (Wildman–Crippen LogP) is 3.57. The predicted molar refractivity (Wildman–Crippen MR) is 109 cm³/mol. The Hall–Kier alpha value is -3.13. The van der Waals surface area contributed by atoms with Crippen LogP contribution in [0.4, 0.5) is 0 Å². The Labute approximate surface area is 174 Å². The Bertz CT molecular complexity index is 1150. The number of ether oxygens (including phenoxy) is 2. The minimum atomic E-state index is -3.53. The van der Waals surface area contributed by atoms with Crippen LogP contribution in [0.1, 0.15) is 24.6 Å². The number of carbonyl (C=O) groups is 1. The van der Waals surface area contributed by atoms with Crippen molar-refractivity contribution in [1.82, 2.24) is 5.16 Å². The van der Waals surface area contributed by atoms with Gasteiger partial charge in [-0.15, -0.1) is 0 Å². The van der Waals surface area contributed by atoms with Crippen molar-refractivity contribution in [3.8, 4) is 17.1 Å². The zero-order chi connectivity index (χ0) is 21.1. The van der Waals surface area contributed by atoms with Gasteiger partial charge in [-0.05, 0) is 30.7 Å². The second-order valence-corrected chi connectivity index (χ2v) is 9.29. The maximum atomic E-state index is 12.2. The van der Waals surface area contributed by atoms with Crippen molar-refractivity contribution in [1.29, 1.82) is 0 Å². The SMILES string of the molecule is CC1Cc2ccc(-c3cc(COC(=O)CCS(=O)(=O)c4ccccc4)no3)cc2O1. The second kappa shape index (κ2) is 8.31. The van der Waals surface area contributed by atoms with E-state index in [1.165, 1.54) is 12.1 Å². The summed E-state index contributed by atoms with van der Waals surface area (Å²) in [5.74, 6) is 0.453. The molecule has 0 spiro atoms. The van der Waals surface area contributed by atoms with Gasteiger partial charge in [0.25, 0.3) is 0 Å². The molecular weight excluding hydrogens is 406 g/mol. The van der Waals surface area contributed by atoms with Crippen LogP contribution in [0.3, 0.4) is 0 Å². The summed E-state index contributed by atoms with van der Waals surface area (Å²) in [6.07, 6.45) is 0.806. The molecule has 156 valence electrons. The van der Waals surface area contributed by atoms with Crippen LogP contribution in [-0.2, 0) is 32.4 Å². The van der Waals surface area contributed by atoms with E-state index in [4.69, 9.17) is 14.0 Å². The first-order chi connectivity index (χ1) is 14.4. The molecule has 1 aromatic heterocycles. The van der Waals surface area contributed by atoms with E-state index >= 15 is 0 Å². The normalized spacial score (nSPS) is 15.4. The van der Waals surface area contributed by atoms with E-state index in [0.29, 0.717) is 11.5 Å². The highest BCUT2D eigenvalue weighted by atomic mass is 32.2. The van der Waals surface area contributed by atoms with Gasteiger partial charge >= 0.3 is 5.97 Å². The van der Waals surface area contributed by atoms with Crippen molar-refractivity contribution in [3.63, 3.8) is 0 Å². The molecule has 0 N–H and O–H groups in total. The van der Waals surface area contributed by atoms with Crippen molar-refractivity contribution in [2.75, 3.05) is 5.75 Å². The Morgan fingerprint density at radius 1 is 1.17 bits per heavy atom. The number of benzene rings is 2. The third kappa shape index (κ3) is 4.54. The van der Waals surface area contributed by atoms with Gasteiger partial charge in [0.15, 0.2) is 15.6 Å². The lowest BCUT2D eigenvalue weighted by Gasteiger charge is -2.04. The number of fused-ring (bicyclic) bond motifs is 1. The summed E-state index contributed by atoms with van der Waals surface area (Å²) >= 11 is 0. The van der Waals surface area contributed by atoms with Gasteiger partial charge in [-0.3, -0.25) is 4.79 Å². The summed E-state index contributed by atoms with van der Waals surface area (Å²) in [6, 6.07) is 15.6. The monoisotopic (exact) mass is 427 g/mol. The Balaban J connectivity index is 1.31. The van der Waals surface area contributed by atoms with Crippen molar-refractivity contribution in [2.45, 2.75) is 37.4 Å². The van der Waals surface area contributed by atoms with E-state index < -0.39 is 15.8 Å². The van der Waals surface area contributed by atoms with Crippen molar-refractivity contribution < 1.29 is 27.2 Å². The highest BCUT2D eigenvalue weighted by Gasteiger charge is 2.21. The van der Waals surface area contributed by atoms with Crippen LogP contribution in [0.2, 0.25) is 0 Å². The smallest absolute Gasteiger partial charge is 0.307 e. The Kier molecular flexibility index (Phi) is 5.59. The van der Waals surface area contributed by atoms with Crippen LogP contribution in [0, 0.1) is 0 Å². The van der Waals surface area contributed by atoms with E-state index in [9.17, 15) is 13.2 Å². The molecule has 1 aliphatic heterocycles. The van der Waals surface area contributed by atoms with Gasteiger partial charge in [0.05, 0.1) is 17.1 Å². The van der Waals surface area contributed by atoms with Gasteiger partial charge in [-0.1, -0.05) is 35.5 Å². The van der Waals surface area contributed by atoms with Gasteiger partial charge in [0, 0.05) is 18.1 Å². The van der Waals surface area contributed by atoms with Crippen LogP contribution in [-0.4, -0.2) is 31.4 Å². The molecule has 0 radical (unpaired) electrons. The zero-order valence-corrected chi connectivity index (χ0v) is 17.2. The number of hydrogen-bond acceptors (Lipinski definition) is 7. The van der Waals surface area contributed by atoms with E-state index in [0.717, 1.165) is 23.3 Å². The molecule has 1 aliphatic rings. The fraction of sp³-hybridized carbons (Fsp3) is 0.273. The number of sulfone groups is 1. The quantitative estimate of drug-likeness (QED) is 0.532. The minimum absolute atomic E-state index is 0.0911. The molecule has 8 heteroatoms. The van der Waals surface area contributed by atoms with Gasteiger partial charge in [0.1, 0.15) is 24.2 Å². The molecule has 0 aliphatic carbocycles. The average molecular weight is 427 g/mol. The lowest BCUT2D eigenvalue weighted by molar-refractivity contribution is -0.144. The van der Waals surface area contributed by atoms with E-state index in [-0.39, 0.29) is 29.8 Å². The van der Waals surface area contributed by atoms with Crippen LogP contribution < -0.4 is 4.74 Å². The van der Waals surface area contributed by atoms with E-state index in [1.807, 2.05) is 25.1 Å². The summed E-state index contributed by atoms with van der Waals surface area (Å²) < 4.78 is 40.7. The minimum Gasteiger partial charge on any atom is -0.490 e. The molecule has 30 heavy (non-hydrogen) atoms. The molecule has 2 aromatic carbocycles. The first-order valence-electron chi connectivity index (χ1n) is 9.60. The maximum absolute atomic E-state index is 12.2. The molecule has 0 fully saturated rings. The molecule has 7 nitrogen and oxygen atoms in total. The number of hydrogen-bond donors (Lipinski definition) is 0. The van der Waals surface area contributed by atoms with Crippen LogP contribution >= 0.6 is 0 Å². The fourth-order valence-electron chi connectivity index (χ4n) is 3.26. The zero-order valence-electron chi connectivity index (χ0n) is 16.4. The summed E-state index contributed by atoms with van der Waals surface area (Å²) in [4.78, 5) is 12.2. The summed E-state index contributed by atoms with van der Waals surface area (Å²) in [6.45, 7) is 1.93. The Morgan fingerprint density at radius 2 is 1.97 bits per heavy atom. The Morgan fingerprint density at radius 3 is 2.77 bits per heavy atom. The van der Waals surface area contributed by atoms with E-state index in [2.05, 4.69) is 5.16 Å². The standard InChI is InChI=1S/C22H21NO6S/c1-15-11-16-7-8-17(12-20(16)28-15)21-13-18(23-29-21)14-27-22(24)9-10-30(25,26)19-5-3-2-4-6-19/h2-8,12-13,15H,9-11,14H2,1H3. The molecule has 1 unspecified atom stereocenters. The van der Waals surface area contributed by atoms with E-state index in [1.54, 1.807) is 24.3 Å². The number of aromatic nitrogens is 1. The molecular formula is C22H21NO6S. The van der Waals surface area contributed by atoms with Crippen molar-refractivity contribution in [3.05, 3.63) is 65.9 Å². The molecule has 0 amide bonds. The highest BCUT2D eigenvalue weighted by molar-refractivity contribution is 7.91. The molecule has 0 saturated heterocycles. The average Bonchev–Trinajstić information content (AvgIpc) is 3.36. The van der Waals surface area contributed by atoms with Crippen LogP contribution in [0.25, 0.3) is 11.3 Å². The summed E-state index contributed by atoms with van der Waals surface area (Å²) in [7, 11) is -3.53. The fourth-order valence-corrected chi connectivity index (χ4v) is 4.50. The third-order valence-corrected chi connectivity index (χ3v) is 6.54. The molecule has 4 rings (SSSR count).